The molecule has 0 bridgehead atoms. The third-order valence-electron chi connectivity index (χ3n) is 1.08. The zero-order valence-corrected chi connectivity index (χ0v) is 4.77. The van der Waals surface area contributed by atoms with Crippen molar-refractivity contribution >= 4 is 5.91 Å². The van der Waals surface area contributed by atoms with Gasteiger partial charge in [-0.1, -0.05) is 0 Å². The molecular weight excluding hydrogens is 106 g/mol. The van der Waals surface area contributed by atoms with Gasteiger partial charge in [-0.3, -0.25) is 9.80 Å². The number of hydrazine groups is 2. The minimum atomic E-state index is 0.128. The van der Waals surface area contributed by atoms with E-state index in [0.29, 0.717) is 6.42 Å². The zero-order valence-electron chi connectivity index (χ0n) is 4.77. The molecule has 1 fully saturated rings. The first-order valence-corrected chi connectivity index (χ1v) is 2.56. The predicted molar refractivity (Wildman–Crippen MR) is 28.5 cm³/mol. The number of nitrogens with one attached hydrogen (secondary N) is 2. The molecule has 2 N–H and O–H groups in total. The van der Waals surface area contributed by atoms with Crippen LogP contribution in [0.25, 0.3) is 0 Å². The number of carbonyl (C=O) groups excluding carboxylic acids is 1. The molecule has 46 valence electrons. The largest absolute Gasteiger partial charge is 0.273 e. The molecule has 0 radical (unpaired) electrons. The summed E-state index contributed by atoms with van der Waals surface area (Å²) in [6.45, 7) is 0.725. The molecule has 4 heteroatoms. The molecule has 1 aliphatic rings. The van der Waals surface area contributed by atoms with Gasteiger partial charge in [0.15, 0.2) is 0 Å². The molecule has 1 rings (SSSR count). The fourth-order valence-electron chi connectivity index (χ4n) is 0.574. The standard InChI is InChI=1S/C4H9N3O/c1-7-4(8)2-3-5-6-7/h5-6H,2-3H2,1H3. The SMILES string of the molecule is CN1NNCCC1=O. The molecule has 0 aliphatic carbocycles. The Morgan fingerprint density at radius 3 is 2.88 bits per heavy atom. The van der Waals surface area contributed by atoms with Gasteiger partial charge in [-0.05, 0) is 0 Å². The van der Waals surface area contributed by atoms with Gasteiger partial charge in [-0.2, -0.15) is 5.53 Å². The monoisotopic (exact) mass is 115 g/mol. The van der Waals surface area contributed by atoms with E-state index in [0.717, 1.165) is 6.54 Å². The average molecular weight is 115 g/mol. The zero-order chi connectivity index (χ0) is 5.98. The topological polar surface area (TPSA) is 44.4 Å². The molecule has 4 nitrogen and oxygen atoms in total. The normalized spacial score (nSPS) is 21.6. The van der Waals surface area contributed by atoms with E-state index in [1.54, 1.807) is 7.05 Å². The lowest BCUT2D eigenvalue weighted by Gasteiger charge is -2.23. The quantitative estimate of drug-likeness (QED) is 0.419. The van der Waals surface area contributed by atoms with E-state index in [-0.39, 0.29) is 5.91 Å². The summed E-state index contributed by atoms with van der Waals surface area (Å²) in [7, 11) is 1.69. The maximum atomic E-state index is 10.6. The first kappa shape index (κ1) is 5.53. The van der Waals surface area contributed by atoms with Crippen LogP contribution in [0.15, 0.2) is 0 Å². The summed E-state index contributed by atoms with van der Waals surface area (Å²) in [5.41, 5.74) is 5.49. The number of hydrogen-bond donors (Lipinski definition) is 2. The summed E-state index contributed by atoms with van der Waals surface area (Å²) in [6, 6.07) is 0. The molecule has 0 saturated carbocycles. The second-order valence-electron chi connectivity index (χ2n) is 1.74. The lowest BCUT2D eigenvalue weighted by molar-refractivity contribution is -0.136. The van der Waals surface area contributed by atoms with Gasteiger partial charge in [0.05, 0.1) is 0 Å². The fourth-order valence-corrected chi connectivity index (χ4v) is 0.574. The van der Waals surface area contributed by atoms with Crippen LogP contribution < -0.4 is 11.0 Å². The Hall–Kier alpha value is -0.610. The maximum Gasteiger partial charge on any atom is 0.238 e. The van der Waals surface area contributed by atoms with Gasteiger partial charge >= 0.3 is 0 Å². The highest BCUT2D eigenvalue weighted by molar-refractivity contribution is 5.75. The van der Waals surface area contributed by atoms with Crippen LogP contribution in [0.2, 0.25) is 0 Å². The van der Waals surface area contributed by atoms with Gasteiger partial charge in [0.25, 0.3) is 0 Å². The van der Waals surface area contributed by atoms with Crippen molar-refractivity contribution in [2.45, 2.75) is 6.42 Å². The number of rotatable bonds is 0. The Morgan fingerprint density at radius 1 is 1.75 bits per heavy atom. The van der Waals surface area contributed by atoms with Crippen molar-refractivity contribution in [2.75, 3.05) is 13.6 Å². The lowest BCUT2D eigenvalue weighted by atomic mass is 10.4. The van der Waals surface area contributed by atoms with Gasteiger partial charge in [0, 0.05) is 20.0 Å². The molecule has 0 atom stereocenters. The summed E-state index contributed by atoms with van der Waals surface area (Å²) >= 11 is 0. The van der Waals surface area contributed by atoms with Crippen molar-refractivity contribution in [3.63, 3.8) is 0 Å². The van der Waals surface area contributed by atoms with E-state index >= 15 is 0 Å². The maximum absolute atomic E-state index is 10.6. The molecule has 0 spiro atoms. The number of amides is 1. The predicted octanol–water partition coefficient (Wildman–Crippen LogP) is -1.14. The van der Waals surface area contributed by atoms with Crippen LogP contribution in [-0.2, 0) is 4.79 Å². The van der Waals surface area contributed by atoms with Crippen molar-refractivity contribution in [3.8, 4) is 0 Å². The van der Waals surface area contributed by atoms with Crippen molar-refractivity contribution in [1.82, 2.24) is 16.0 Å². The molecule has 1 amide bonds. The highest BCUT2D eigenvalue weighted by atomic mass is 16.2. The average Bonchev–Trinajstić information content (AvgIpc) is 1.77. The molecule has 0 aromatic rings. The highest BCUT2D eigenvalue weighted by Crippen LogP contribution is 1.87. The second kappa shape index (κ2) is 2.11. The van der Waals surface area contributed by atoms with E-state index in [9.17, 15) is 4.79 Å². The van der Waals surface area contributed by atoms with Crippen LogP contribution in [0.5, 0.6) is 0 Å². The molecule has 1 saturated heterocycles. The molecule has 0 aromatic carbocycles. The minimum absolute atomic E-state index is 0.128. The highest BCUT2D eigenvalue weighted by Gasteiger charge is 2.10. The van der Waals surface area contributed by atoms with Gasteiger partial charge < -0.3 is 0 Å². The van der Waals surface area contributed by atoms with Gasteiger partial charge in [-0.25, -0.2) is 5.43 Å². The van der Waals surface area contributed by atoms with Crippen LogP contribution in [-0.4, -0.2) is 24.5 Å². The molecule has 1 heterocycles. The lowest BCUT2D eigenvalue weighted by Crippen LogP contribution is -2.53. The van der Waals surface area contributed by atoms with Gasteiger partial charge in [0.1, 0.15) is 0 Å². The third-order valence-corrected chi connectivity index (χ3v) is 1.08. The van der Waals surface area contributed by atoms with E-state index < -0.39 is 0 Å². The number of hydrogen-bond acceptors (Lipinski definition) is 3. The summed E-state index contributed by atoms with van der Waals surface area (Å²) in [5.74, 6) is 0.128. The van der Waals surface area contributed by atoms with Crippen LogP contribution in [0.1, 0.15) is 6.42 Å². The summed E-state index contributed by atoms with van der Waals surface area (Å²) in [5, 5.41) is 1.43. The second-order valence-corrected chi connectivity index (χ2v) is 1.74. The van der Waals surface area contributed by atoms with E-state index in [2.05, 4.69) is 11.0 Å². The third kappa shape index (κ3) is 0.962. The summed E-state index contributed by atoms with van der Waals surface area (Å²) in [4.78, 5) is 10.6. The molecule has 0 aromatic heterocycles. The van der Waals surface area contributed by atoms with Crippen molar-refractivity contribution in [1.29, 1.82) is 0 Å². The van der Waals surface area contributed by atoms with Crippen molar-refractivity contribution in [2.24, 2.45) is 0 Å². The van der Waals surface area contributed by atoms with E-state index in [4.69, 9.17) is 0 Å². The fraction of sp³-hybridized carbons (Fsp3) is 0.750. The van der Waals surface area contributed by atoms with Gasteiger partial charge in [0.2, 0.25) is 5.91 Å². The Bertz CT molecular complexity index is 103. The van der Waals surface area contributed by atoms with Crippen molar-refractivity contribution in [3.05, 3.63) is 0 Å². The van der Waals surface area contributed by atoms with Crippen LogP contribution in [0.3, 0.4) is 0 Å². The molecule has 8 heavy (non-hydrogen) atoms. The van der Waals surface area contributed by atoms with Crippen LogP contribution in [0.4, 0.5) is 0 Å². The van der Waals surface area contributed by atoms with E-state index in [1.165, 1.54) is 5.01 Å². The summed E-state index contributed by atoms with van der Waals surface area (Å²) < 4.78 is 0. The molecule has 1 aliphatic heterocycles. The Morgan fingerprint density at radius 2 is 2.50 bits per heavy atom. The van der Waals surface area contributed by atoms with Crippen molar-refractivity contribution < 1.29 is 4.79 Å². The van der Waals surface area contributed by atoms with Crippen LogP contribution >= 0.6 is 0 Å². The smallest absolute Gasteiger partial charge is 0.238 e. The Kier molecular flexibility index (Phi) is 1.45. The van der Waals surface area contributed by atoms with Crippen LogP contribution in [0, 0.1) is 0 Å². The molecule has 0 unspecified atom stereocenters. The molecular formula is C4H9N3O. The Labute approximate surface area is 47.8 Å². The first-order valence-electron chi connectivity index (χ1n) is 2.56. The number of carbonyl (C=O) groups is 1. The number of nitrogens with zero attached hydrogens (tertiary/aromatic N) is 1. The summed E-state index contributed by atoms with van der Waals surface area (Å²) in [6.07, 6.45) is 0.587. The first-order chi connectivity index (χ1) is 3.80. The van der Waals surface area contributed by atoms with E-state index in [1.807, 2.05) is 0 Å². The van der Waals surface area contributed by atoms with Gasteiger partial charge in [-0.15, -0.1) is 0 Å². The Balaban J connectivity index is 2.39. The minimum Gasteiger partial charge on any atom is -0.273 e.